The summed E-state index contributed by atoms with van der Waals surface area (Å²) in [4.78, 5) is 0. The Hall–Kier alpha value is -1.70. The smallest absolute Gasteiger partial charge is 0.138 e. The number of phenols is 1. The molecular weight excluding hydrogens is 164 g/mol. The van der Waals surface area contributed by atoms with E-state index in [2.05, 4.69) is 6.58 Å². The number of benzene rings is 1. The molecule has 13 heavy (non-hydrogen) atoms. The van der Waals surface area contributed by atoms with Gasteiger partial charge in [0.1, 0.15) is 17.3 Å². The Balaban J connectivity index is 2.60. The van der Waals surface area contributed by atoms with Crippen molar-refractivity contribution < 1.29 is 9.84 Å². The molecule has 0 fully saturated rings. The molecule has 1 heterocycles. The molecule has 0 radical (unpaired) electrons. The van der Waals surface area contributed by atoms with Crippen LogP contribution in [0, 0.1) is 0 Å². The van der Waals surface area contributed by atoms with Crippen LogP contribution in [0.1, 0.15) is 12.5 Å². The van der Waals surface area contributed by atoms with E-state index in [0.717, 1.165) is 11.1 Å². The van der Waals surface area contributed by atoms with Crippen molar-refractivity contribution in [2.75, 3.05) is 0 Å². The lowest BCUT2D eigenvalue weighted by atomic mass is 10.0. The van der Waals surface area contributed by atoms with Gasteiger partial charge in [-0.15, -0.1) is 0 Å². The molecule has 1 aromatic carbocycles. The molecule has 0 amide bonds. The Morgan fingerprint density at radius 1 is 1.38 bits per heavy atom. The Kier molecular flexibility index (Phi) is 1.62. The molecule has 2 nitrogen and oxygen atoms in total. The van der Waals surface area contributed by atoms with Gasteiger partial charge in [-0.1, -0.05) is 6.58 Å². The summed E-state index contributed by atoms with van der Waals surface area (Å²) in [6.07, 6.45) is 1.87. The van der Waals surface area contributed by atoms with Gasteiger partial charge in [-0.05, 0) is 30.7 Å². The zero-order chi connectivity index (χ0) is 9.42. The molecule has 1 aliphatic rings. The molecule has 1 aliphatic heterocycles. The van der Waals surface area contributed by atoms with E-state index < -0.39 is 0 Å². The second kappa shape index (κ2) is 2.66. The summed E-state index contributed by atoms with van der Waals surface area (Å²) in [5.41, 5.74) is 2.11. The maximum Gasteiger partial charge on any atom is 0.138 e. The topological polar surface area (TPSA) is 29.5 Å². The standard InChI is InChI=1S/C11H10O2/c1-7-5-8(2)13-11-6-9(12)3-4-10(7)11/h3-6,12H,2H2,1H3. The fourth-order valence-corrected chi connectivity index (χ4v) is 1.41. The lowest BCUT2D eigenvalue weighted by Gasteiger charge is -2.17. The predicted octanol–water partition coefficient (Wildman–Crippen LogP) is 2.70. The van der Waals surface area contributed by atoms with Crippen molar-refractivity contribution in [3.63, 3.8) is 0 Å². The molecule has 0 spiro atoms. The van der Waals surface area contributed by atoms with E-state index in [0.29, 0.717) is 11.5 Å². The SMILES string of the molecule is C=C1C=C(C)c2ccc(O)cc2O1. The lowest BCUT2D eigenvalue weighted by molar-refractivity contribution is 0.429. The summed E-state index contributed by atoms with van der Waals surface area (Å²) in [5.74, 6) is 1.49. The van der Waals surface area contributed by atoms with Crippen LogP contribution < -0.4 is 4.74 Å². The molecule has 0 saturated heterocycles. The van der Waals surface area contributed by atoms with E-state index >= 15 is 0 Å². The summed E-state index contributed by atoms with van der Waals surface area (Å²) in [5, 5.41) is 9.23. The molecule has 0 aromatic heterocycles. The average Bonchev–Trinajstić information content (AvgIpc) is 2.02. The first-order valence-electron chi connectivity index (χ1n) is 4.05. The first-order chi connectivity index (χ1) is 6.16. The molecule has 2 heteroatoms. The maximum absolute atomic E-state index is 9.23. The van der Waals surface area contributed by atoms with Crippen LogP contribution in [0.2, 0.25) is 0 Å². The summed E-state index contributed by atoms with van der Waals surface area (Å²) >= 11 is 0. The van der Waals surface area contributed by atoms with Gasteiger partial charge in [0.15, 0.2) is 0 Å². The number of allylic oxidation sites excluding steroid dienone is 2. The molecule has 1 aromatic rings. The van der Waals surface area contributed by atoms with Crippen molar-refractivity contribution in [3.8, 4) is 11.5 Å². The highest BCUT2D eigenvalue weighted by Crippen LogP contribution is 2.34. The van der Waals surface area contributed by atoms with Crippen LogP contribution in [0.3, 0.4) is 0 Å². The summed E-state index contributed by atoms with van der Waals surface area (Å²) < 4.78 is 5.35. The third-order valence-corrected chi connectivity index (χ3v) is 2.01. The normalized spacial score (nSPS) is 14.5. The van der Waals surface area contributed by atoms with Crippen LogP contribution in [0.5, 0.6) is 11.5 Å². The zero-order valence-corrected chi connectivity index (χ0v) is 7.37. The van der Waals surface area contributed by atoms with Gasteiger partial charge < -0.3 is 9.84 Å². The molecule has 0 aliphatic carbocycles. The van der Waals surface area contributed by atoms with Gasteiger partial charge in [-0.3, -0.25) is 0 Å². The number of fused-ring (bicyclic) bond motifs is 1. The van der Waals surface area contributed by atoms with Crippen LogP contribution >= 0.6 is 0 Å². The van der Waals surface area contributed by atoms with Crippen LogP contribution in [0.15, 0.2) is 36.6 Å². The maximum atomic E-state index is 9.23. The van der Waals surface area contributed by atoms with Gasteiger partial charge >= 0.3 is 0 Å². The number of hydrogen-bond donors (Lipinski definition) is 1. The Labute approximate surface area is 76.8 Å². The quantitative estimate of drug-likeness (QED) is 0.655. The van der Waals surface area contributed by atoms with Crippen molar-refractivity contribution >= 4 is 5.57 Å². The number of ether oxygens (including phenoxy) is 1. The average molecular weight is 174 g/mol. The molecule has 66 valence electrons. The fraction of sp³-hybridized carbons (Fsp3) is 0.0909. The summed E-state index contributed by atoms with van der Waals surface area (Å²) in [6, 6.07) is 5.08. The van der Waals surface area contributed by atoms with Crippen molar-refractivity contribution in [1.82, 2.24) is 0 Å². The van der Waals surface area contributed by atoms with Crippen molar-refractivity contribution in [1.29, 1.82) is 0 Å². The van der Waals surface area contributed by atoms with Crippen molar-refractivity contribution in [3.05, 3.63) is 42.2 Å². The molecule has 0 saturated carbocycles. The zero-order valence-electron chi connectivity index (χ0n) is 7.37. The second-order valence-corrected chi connectivity index (χ2v) is 3.08. The molecule has 0 atom stereocenters. The minimum Gasteiger partial charge on any atom is -0.508 e. The predicted molar refractivity (Wildman–Crippen MR) is 51.5 cm³/mol. The first kappa shape index (κ1) is 7.92. The van der Waals surface area contributed by atoms with E-state index in [4.69, 9.17) is 4.74 Å². The van der Waals surface area contributed by atoms with Gasteiger partial charge in [0.2, 0.25) is 0 Å². The highest BCUT2D eigenvalue weighted by molar-refractivity contribution is 5.73. The van der Waals surface area contributed by atoms with Gasteiger partial charge in [-0.2, -0.15) is 0 Å². The number of aromatic hydroxyl groups is 1. The highest BCUT2D eigenvalue weighted by Gasteiger charge is 2.12. The highest BCUT2D eigenvalue weighted by atomic mass is 16.5. The number of hydrogen-bond acceptors (Lipinski definition) is 2. The van der Waals surface area contributed by atoms with Gasteiger partial charge in [0, 0.05) is 11.6 Å². The number of phenolic OH excluding ortho intramolecular Hbond substituents is 1. The van der Waals surface area contributed by atoms with E-state index in [1.165, 1.54) is 0 Å². The summed E-state index contributed by atoms with van der Waals surface area (Å²) in [7, 11) is 0. The molecular formula is C11H10O2. The third-order valence-electron chi connectivity index (χ3n) is 2.01. The molecule has 0 unspecified atom stereocenters. The van der Waals surface area contributed by atoms with E-state index in [9.17, 15) is 5.11 Å². The summed E-state index contributed by atoms with van der Waals surface area (Å²) in [6.45, 7) is 5.70. The second-order valence-electron chi connectivity index (χ2n) is 3.08. The lowest BCUT2D eigenvalue weighted by Crippen LogP contribution is -2.00. The molecule has 2 rings (SSSR count). The van der Waals surface area contributed by atoms with Crippen LogP contribution in [-0.4, -0.2) is 5.11 Å². The molecule has 0 bridgehead atoms. The minimum absolute atomic E-state index is 0.209. The Morgan fingerprint density at radius 3 is 2.92 bits per heavy atom. The van der Waals surface area contributed by atoms with Gasteiger partial charge in [0.05, 0.1) is 0 Å². The molecule has 1 N–H and O–H groups in total. The largest absolute Gasteiger partial charge is 0.508 e. The van der Waals surface area contributed by atoms with Gasteiger partial charge in [-0.25, -0.2) is 0 Å². The Morgan fingerprint density at radius 2 is 2.15 bits per heavy atom. The van der Waals surface area contributed by atoms with Crippen LogP contribution in [0.4, 0.5) is 0 Å². The van der Waals surface area contributed by atoms with Crippen LogP contribution in [-0.2, 0) is 0 Å². The van der Waals surface area contributed by atoms with Crippen molar-refractivity contribution in [2.24, 2.45) is 0 Å². The van der Waals surface area contributed by atoms with Crippen molar-refractivity contribution in [2.45, 2.75) is 6.92 Å². The monoisotopic (exact) mass is 174 g/mol. The third kappa shape index (κ3) is 1.31. The Bertz CT molecular complexity index is 403. The van der Waals surface area contributed by atoms with Gasteiger partial charge in [0.25, 0.3) is 0 Å². The minimum atomic E-state index is 0.209. The van der Waals surface area contributed by atoms with Crippen LogP contribution in [0.25, 0.3) is 5.57 Å². The van der Waals surface area contributed by atoms with E-state index in [1.807, 2.05) is 19.1 Å². The first-order valence-corrected chi connectivity index (χ1v) is 4.05. The number of rotatable bonds is 0. The van der Waals surface area contributed by atoms with E-state index in [1.54, 1.807) is 12.1 Å². The van der Waals surface area contributed by atoms with E-state index in [-0.39, 0.29) is 5.75 Å². The fourth-order valence-electron chi connectivity index (χ4n) is 1.41.